The summed E-state index contributed by atoms with van der Waals surface area (Å²) in [6.07, 6.45) is 1.96. The smallest absolute Gasteiger partial charge is 0.266 e. The molecule has 1 amide bonds. The standard InChI is InChI=1S/C27H28FN3OS/c1-7-30-26(32)24(33-27(30)29-23-10-8-22(28)9-11-23)15-21-14-19(5)31(20(21)6)25-17(3)12-16(2)13-18(25)4/h8-15H,7H2,1-6H3/b24-15+,29-27?. The van der Waals surface area contributed by atoms with Gasteiger partial charge >= 0.3 is 0 Å². The highest BCUT2D eigenvalue weighted by Crippen LogP contribution is 2.36. The van der Waals surface area contributed by atoms with Gasteiger partial charge in [0.05, 0.1) is 16.3 Å². The van der Waals surface area contributed by atoms with Crippen LogP contribution < -0.4 is 0 Å². The van der Waals surface area contributed by atoms with Gasteiger partial charge in [-0.15, -0.1) is 0 Å². The third-order valence-electron chi connectivity index (χ3n) is 5.87. The van der Waals surface area contributed by atoms with Crippen LogP contribution in [0.25, 0.3) is 11.8 Å². The summed E-state index contributed by atoms with van der Waals surface area (Å²) in [6.45, 7) is 13.0. The van der Waals surface area contributed by atoms with Gasteiger partial charge in [0, 0.05) is 17.9 Å². The van der Waals surface area contributed by atoms with Crippen LogP contribution in [0, 0.1) is 40.4 Å². The number of amides is 1. The number of rotatable bonds is 4. The third kappa shape index (κ3) is 4.40. The summed E-state index contributed by atoms with van der Waals surface area (Å²) in [4.78, 5) is 20.0. The van der Waals surface area contributed by atoms with Crippen LogP contribution in [0.2, 0.25) is 0 Å². The minimum Gasteiger partial charge on any atom is -0.317 e. The molecule has 170 valence electrons. The minimum absolute atomic E-state index is 0.0594. The highest BCUT2D eigenvalue weighted by Gasteiger charge is 2.32. The van der Waals surface area contributed by atoms with Crippen LogP contribution in [0.5, 0.6) is 0 Å². The predicted octanol–water partition coefficient (Wildman–Crippen LogP) is 6.78. The summed E-state index contributed by atoms with van der Waals surface area (Å²) in [5.74, 6) is -0.368. The van der Waals surface area contributed by atoms with E-state index in [0.29, 0.717) is 22.3 Å². The number of aryl methyl sites for hydroxylation is 4. The average molecular weight is 462 g/mol. The summed E-state index contributed by atoms with van der Waals surface area (Å²) in [6, 6.07) is 12.5. The lowest BCUT2D eigenvalue weighted by molar-refractivity contribution is -0.122. The van der Waals surface area contributed by atoms with E-state index in [2.05, 4.69) is 62.4 Å². The van der Waals surface area contributed by atoms with Crippen molar-refractivity contribution in [3.05, 3.63) is 86.8 Å². The van der Waals surface area contributed by atoms with E-state index in [-0.39, 0.29) is 11.7 Å². The van der Waals surface area contributed by atoms with Crippen LogP contribution in [0.15, 0.2) is 52.4 Å². The Labute approximate surface area is 198 Å². The van der Waals surface area contributed by atoms with E-state index in [1.807, 2.05) is 13.0 Å². The maximum atomic E-state index is 13.2. The molecule has 0 saturated carbocycles. The molecule has 4 rings (SSSR count). The van der Waals surface area contributed by atoms with Crippen molar-refractivity contribution in [2.24, 2.45) is 4.99 Å². The zero-order valence-corrected chi connectivity index (χ0v) is 20.7. The number of carbonyl (C=O) groups excluding carboxylic acids is 1. The molecule has 1 saturated heterocycles. The second-order valence-electron chi connectivity index (χ2n) is 8.44. The number of hydrogen-bond acceptors (Lipinski definition) is 3. The van der Waals surface area contributed by atoms with Gasteiger partial charge in [-0.3, -0.25) is 9.69 Å². The van der Waals surface area contributed by atoms with E-state index in [4.69, 9.17) is 0 Å². The Morgan fingerprint density at radius 3 is 2.24 bits per heavy atom. The molecule has 3 aromatic rings. The van der Waals surface area contributed by atoms with Crippen molar-refractivity contribution >= 4 is 34.6 Å². The van der Waals surface area contributed by atoms with Crippen LogP contribution in [-0.4, -0.2) is 27.1 Å². The molecule has 1 aliphatic rings. The second-order valence-corrected chi connectivity index (χ2v) is 9.45. The molecular formula is C27H28FN3OS. The van der Waals surface area contributed by atoms with Gasteiger partial charge in [0.2, 0.25) is 0 Å². The number of nitrogens with zero attached hydrogens (tertiary/aromatic N) is 3. The summed E-state index contributed by atoms with van der Waals surface area (Å²) < 4.78 is 15.5. The fourth-order valence-electron chi connectivity index (χ4n) is 4.44. The van der Waals surface area contributed by atoms with Crippen LogP contribution in [0.4, 0.5) is 10.1 Å². The number of carbonyl (C=O) groups is 1. The summed E-state index contributed by atoms with van der Waals surface area (Å²) >= 11 is 1.36. The Hall–Kier alpha value is -3.12. The summed E-state index contributed by atoms with van der Waals surface area (Å²) in [7, 11) is 0. The van der Waals surface area contributed by atoms with Gasteiger partial charge in [-0.1, -0.05) is 17.7 Å². The van der Waals surface area contributed by atoms with E-state index in [9.17, 15) is 9.18 Å². The average Bonchev–Trinajstić information content (AvgIpc) is 3.19. The van der Waals surface area contributed by atoms with Crippen molar-refractivity contribution < 1.29 is 9.18 Å². The van der Waals surface area contributed by atoms with E-state index in [1.165, 1.54) is 46.3 Å². The SMILES string of the molecule is CCN1C(=O)/C(=C\c2cc(C)n(-c3c(C)cc(C)cc3C)c2C)SC1=Nc1ccc(F)cc1. The normalized spacial score (nSPS) is 16.5. The first-order valence-electron chi connectivity index (χ1n) is 11.0. The van der Waals surface area contributed by atoms with Crippen LogP contribution in [0.3, 0.4) is 0 Å². The fourth-order valence-corrected chi connectivity index (χ4v) is 5.49. The molecule has 0 atom stereocenters. The third-order valence-corrected chi connectivity index (χ3v) is 6.88. The number of hydrogen-bond donors (Lipinski definition) is 0. The van der Waals surface area contributed by atoms with E-state index < -0.39 is 0 Å². The molecule has 0 radical (unpaired) electrons. The quantitative estimate of drug-likeness (QED) is 0.402. The maximum absolute atomic E-state index is 13.2. The molecule has 1 aliphatic heterocycles. The van der Waals surface area contributed by atoms with Crippen LogP contribution >= 0.6 is 11.8 Å². The molecule has 33 heavy (non-hydrogen) atoms. The molecule has 0 bridgehead atoms. The highest BCUT2D eigenvalue weighted by atomic mass is 32.2. The Kier molecular flexibility index (Phi) is 6.30. The molecule has 0 unspecified atom stereocenters. The Morgan fingerprint density at radius 2 is 1.64 bits per heavy atom. The molecule has 0 aliphatic carbocycles. The molecule has 1 fully saturated rings. The van der Waals surface area contributed by atoms with Gasteiger partial charge in [-0.2, -0.15) is 0 Å². The maximum Gasteiger partial charge on any atom is 0.266 e. The number of thioether (sulfide) groups is 1. The number of likely N-dealkylation sites (N-methyl/N-ethyl adjacent to an activating group) is 1. The highest BCUT2D eigenvalue weighted by molar-refractivity contribution is 8.18. The second kappa shape index (κ2) is 9.02. The number of benzene rings is 2. The topological polar surface area (TPSA) is 37.6 Å². The zero-order valence-electron chi connectivity index (χ0n) is 19.9. The summed E-state index contributed by atoms with van der Waals surface area (Å²) in [5.41, 5.74) is 8.75. The molecule has 1 aromatic heterocycles. The predicted molar refractivity (Wildman–Crippen MR) is 136 cm³/mol. The number of aromatic nitrogens is 1. The first kappa shape index (κ1) is 23.1. The molecule has 0 N–H and O–H groups in total. The number of aliphatic imine (C=N–C) groups is 1. The van der Waals surface area contributed by atoms with E-state index in [1.54, 1.807) is 17.0 Å². The van der Waals surface area contributed by atoms with Gasteiger partial charge in [0.1, 0.15) is 5.82 Å². The lowest BCUT2D eigenvalue weighted by Gasteiger charge is -2.17. The lowest BCUT2D eigenvalue weighted by Crippen LogP contribution is -2.28. The van der Waals surface area contributed by atoms with Gasteiger partial charge in [-0.05, 0) is 106 Å². The molecule has 2 heterocycles. The molecular weight excluding hydrogens is 433 g/mol. The number of halogens is 1. The fraction of sp³-hybridized carbons (Fsp3) is 0.259. The van der Waals surface area contributed by atoms with Crippen LogP contribution in [0.1, 0.15) is 40.6 Å². The van der Waals surface area contributed by atoms with Crippen molar-refractivity contribution in [1.29, 1.82) is 0 Å². The van der Waals surface area contributed by atoms with Crippen molar-refractivity contribution in [2.75, 3.05) is 6.54 Å². The Bertz CT molecular complexity index is 1280. The Morgan fingerprint density at radius 1 is 1.00 bits per heavy atom. The molecule has 4 nitrogen and oxygen atoms in total. The van der Waals surface area contributed by atoms with Gasteiger partial charge in [-0.25, -0.2) is 9.38 Å². The van der Waals surface area contributed by atoms with Gasteiger partial charge < -0.3 is 4.57 Å². The monoisotopic (exact) mass is 461 g/mol. The molecule has 2 aromatic carbocycles. The Balaban J connectivity index is 1.73. The van der Waals surface area contributed by atoms with Crippen molar-refractivity contribution in [2.45, 2.75) is 41.5 Å². The minimum atomic E-state index is -0.309. The van der Waals surface area contributed by atoms with Crippen molar-refractivity contribution in [3.63, 3.8) is 0 Å². The lowest BCUT2D eigenvalue weighted by atomic mass is 10.0. The molecule has 0 spiro atoms. The van der Waals surface area contributed by atoms with E-state index >= 15 is 0 Å². The number of amidine groups is 1. The summed E-state index contributed by atoms with van der Waals surface area (Å²) in [5, 5.41) is 0.611. The van der Waals surface area contributed by atoms with E-state index in [0.717, 1.165) is 17.0 Å². The first-order valence-corrected chi connectivity index (χ1v) is 11.8. The first-order chi connectivity index (χ1) is 15.7. The largest absolute Gasteiger partial charge is 0.317 e. The van der Waals surface area contributed by atoms with Gasteiger partial charge in [0.15, 0.2) is 5.17 Å². The molecule has 6 heteroatoms. The zero-order chi connectivity index (χ0) is 23.9. The van der Waals surface area contributed by atoms with Crippen molar-refractivity contribution in [3.8, 4) is 5.69 Å². The van der Waals surface area contributed by atoms with Crippen molar-refractivity contribution in [1.82, 2.24) is 9.47 Å². The van der Waals surface area contributed by atoms with Crippen LogP contribution in [-0.2, 0) is 4.79 Å². The van der Waals surface area contributed by atoms with Gasteiger partial charge in [0.25, 0.3) is 5.91 Å².